The van der Waals surface area contributed by atoms with E-state index < -0.39 is 11.9 Å². The quantitative estimate of drug-likeness (QED) is 0.367. The molecule has 4 rings (SSSR count). The molecule has 6 nitrogen and oxygen atoms in total. The van der Waals surface area contributed by atoms with E-state index in [4.69, 9.17) is 40.2 Å². The molecule has 1 atom stereocenters. The maximum atomic E-state index is 13.5. The summed E-state index contributed by atoms with van der Waals surface area (Å²) in [5, 5.41) is 4.06. The van der Waals surface area contributed by atoms with Crippen molar-refractivity contribution in [3.05, 3.63) is 88.2 Å². The van der Waals surface area contributed by atoms with Gasteiger partial charge >= 0.3 is 0 Å². The Hall–Kier alpha value is -3.20. The van der Waals surface area contributed by atoms with Crippen LogP contribution < -0.4 is 15.0 Å². The van der Waals surface area contributed by atoms with Gasteiger partial charge in [0.05, 0.1) is 19.2 Å². The SMILES string of the molecule is COc1ccc(NC(=O)CC2C(=O)N(c3ccc(F)cc3)C(=S)N2CCc2ccc(Cl)cc2Cl)cc1. The molecule has 0 aromatic heterocycles. The highest BCUT2D eigenvalue weighted by molar-refractivity contribution is 7.80. The van der Waals surface area contributed by atoms with E-state index in [1.165, 1.54) is 29.2 Å². The van der Waals surface area contributed by atoms with Crippen LogP contribution in [0.4, 0.5) is 15.8 Å². The second-order valence-corrected chi connectivity index (χ2v) is 9.32. The summed E-state index contributed by atoms with van der Waals surface area (Å²) in [5.74, 6) is -0.484. The van der Waals surface area contributed by atoms with Crippen molar-refractivity contribution in [2.24, 2.45) is 0 Å². The van der Waals surface area contributed by atoms with Gasteiger partial charge in [0.1, 0.15) is 17.6 Å². The topological polar surface area (TPSA) is 61.9 Å². The lowest BCUT2D eigenvalue weighted by Gasteiger charge is -2.24. The number of amides is 2. The van der Waals surface area contributed by atoms with Crippen LogP contribution in [0.5, 0.6) is 5.75 Å². The summed E-state index contributed by atoms with van der Waals surface area (Å²) in [5.41, 5.74) is 1.83. The van der Waals surface area contributed by atoms with Crippen molar-refractivity contribution in [3.8, 4) is 5.75 Å². The predicted octanol–water partition coefficient (Wildman–Crippen LogP) is 5.71. The van der Waals surface area contributed by atoms with E-state index in [-0.39, 0.29) is 23.3 Å². The summed E-state index contributed by atoms with van der Waals surface area (Å²) in [4.78, 5) is 29.4. The van der Waals surface area contributed by atoms with Crippen molar-refractivity contribution in [3.63, 3.8) is 0 Å². The molecule has 3 aromatic carbocycles. The molecule has 2 amide bonds. The van der Waals surface area contributed by atoms with Crippen molar-refractivity contribution in [2.75, 3.05) is 23.9 Å². The highest BCUT2D eigenvalue weighted by Gasteiger charge is 2.44. The van der Waals surface area contributed by atoms with Gasteiger partial charge < -0.3 is 15.0 Å². The van der Waals surface area contributed by atoms with Crippen molar-refractivity contribution in [2.45, 2.75) is 18.9 Å². The van der Waals surface area contributed by atoms with Crippen molar-refractivity contribution < 1.29 is 18.7 Å². The average Bonchev–Trinajstić information content (AvgIpc) is 3.08. The number of rotatable bonds is 8. The monoisotopic (exact) mass is 545 g/mol. The maximum absolute atomic E-state index is 13.5. The molecular weight excluding hydrogens is 524 g/mol. The molecule has 1 aliphatic heterocycles. The molecule has 10 heteroatoms. The van der Waals surface area contributed by atoms with E-state index in [1.54, 1.807) is 48.4 Å². The standard InChI is InChI=1S/C26H22Cl2FN3O3S/c1-35-21-10-6-19(7-11-21)30-24(33)15-23-25(34)32(20-8-4-18(29)5-9-20)26(36)31(23)13-12-16-2-3-17(27)14-22(16)28/h2-11,14,23H,12-13,15H2,1H3,(H,30,33). The van der Waals surface area contributed by atoms with Crippen LogP contribution in [0.25, 0.3) is 0 Å². The molecule has 0 saturated carbocycles. The lowest BCUT2D eigenvalue weighted by atomic mass is 10.1. The second-order valence-electron chi connectivity index (χ2n) is 8.11. The number of hydrogen-bond donors (Lipinski definition) is 1. The molecular formula is C26H22Cl2FN3O3S. The van der Waals surface area contributed by atoms with Gasteiger partial charge in [-0.2, -0.15) is 0 Å². The number of methoxy groups -OCH3 is 1. The summed E-state index contributed by atoms with van der Waals surface area (Å²) in [6, 6.07) is 16.7. The Morgan fingerprint density at radius 3 is 2.42 bits per heavy atom. The van der Waals surface area contributed by atoms with Crippen molar-refractivity contribution in [1.29, 1.82) is 0 Å². The smallest absolute Gasteiger partial charge is 0.256 e. The van der Waals surface area contributed by atoms with E-state index in [0.29, 0.717) is 40.1 Å². The van der Waals surface area contributed by atoms with E-state index >= 15 is 0 Å². The van der Waals surface area contributed by atoms with Gasteiger partial charge in [0.25, 0.3) is 5.91 Å². The van der Waals surface area contributed by atoms with Crippen LogP contribution in [0.3, 0.4) is 0 Å². The number of ether oxygens (including phenoxy) is 1. The minimum Gasteiger partial charge on any atom is -0.497 e. The number of nitrogens with zero attached hydrogens (tertiary/aromatic N) is 2. The van der Waals surface area contributed by atoms with Crippen molar-refractivity contribution >= 4 is 63.7 Å². The number of halogens is 3. The number of carbonyl (C=O) groups is 2. The number of carbonyl (C=O) groups excluding carboxylic acids is 2. The van der Waals surface area contributed by atoms with Crippen LogP contribution >= 0.6 is 35.4 Å². The van der Waals surface area contributed by atoms with Crippen LogP contribution in [0.1, 0.15) is 12.0 Å². The molecule has 0 spiro atoms. The van der Waals surface area contributed by atoms with Crippen LogP contribution in [-0.4, -0.2) is 41.5 Å². The van der Waals surface area contributed by atoms with Gasteiger partial charge in [-0.05, 0) is 84.9 Å². The number of nitrogens with one attached hydrogen (secondary N) is 1. The number of thiocarbonyl (C=S) groups is 1. The Bertz CT molecular complexity index is 1290. The molecule has 0 bridgehead atoms. The molecule has 0 radical (unpaired) electrons. The Labute approximate surface area is 223 Å². The average molecular weight is 546 g/mol. The van der Waals surface area contributed by atoms with Crippen LogP contribution in [0, 0.1) is 5.82 Å². The van der Waals surface area contributed by atoms with Gasteiger partial charge in [-0.1, -0.05) is 29.3 Å². The Morgan fingerprint density at radius 2 is 1.78 bits per heavy atom. The largest absolute Gasteiger partial charge is 0.497 e. The van der Waals surface area contributed by atoms with E-state index in [9.17, 15) is 14.0 Å². The third kappa shape index (κ3) is 5.78. The number of benzene rings is 3. The first-order valence-electron chi connectivity index (χ1n) is 11.0. The number of anilines is 2. The third-order valence-corrected chi connectivity index (χ3v) is 6.80. The molecule has 186 valence electrons. The summed E-state index contributed by atoms with van der Waals surface area (Å²) >= 11 is 18.0. The van der Waals surface area contributed by atoms with Gasteiger partial charge in [-0.25, -0.2) is 4.39 Å². The zero-order chi connectivity index (χ0) is 25.8. The van der Waals surface area contributed by atoms with E-state index in [1.807, 2.05) is 6.07 Å². The van der Waals surface area contributed by atoms with Gasteiger partial charge in [0.15, 0.2) is 5.11 Å². The first-order chi connectivity index (χ1) is 17.3. The fourth-order valence-corrected chi connectivity index (χ4v) is 4.86. The molecule has 1 fully saturated rings. The summed E-state index contributed by atoms with van der Waals surface area (Å²) in [6.45, 7) is 0.337. The van der Waals surface area contributed by atoms with Crippen LogP contribution in [0.2, 0.25) is 10.0 Å². The summed E-state index contributed by atoms with van der Waals surface area (Å²) < 4.78 is 18.6. The second kappa shape index (κ2) is 11.2. The zero-order valence-corrected chi connectivity index (χ0v) is 21.5. The Kier molecular flexibility index (Phi) is 8.08. The molecule has 1 heterocycles. The Morgan fingerprint density at radius 1 is 1.08 bits per heavy atom. The third-order valence-electron chi connectivity index (χ3n) is 5.79. The van der Waals surface area contributed by atoms with Gasteiger partial charge in [0, 0.05) is 22.3 Å². The first-order valence-corrected chi connectivity index (χ1v) is 12.2. The van der Waals surface area contributed by atoms with Gasteiger partial charge in [0.2, 0.25) is 5.91 Å². The maximum Gasteiger partial charge on any atom is 0.256 e. The lowest BCUT2D eigenvalue weighted by molar-refractivity contribution is -0.124. The molecule has 1 aliphatic rings. The zero-order valence-electron chi connectivity index (χ0n) is 19.2. The molecule has 3 aromatic rings. The van der Waals surface area contributed by atoms with Crippen molar-refractivity contribution in [1.82, 2.24) is 4.90 Å². The molecule has 1 unspecified atom stereocenters. The van der Waals surface area contributed by atoms with E-state index in [2.05, 4.69) is 5.32 Å². The molecule has 0 aliphatic carbocycles. The Balaban J connectivity index is 1.55. The van der Waals surface area contributed by atoms with Gasteiger partial charge in [-0.15, -0.1) is 0 Å². The van der Waals surface area contributed by atoms with Crippen LogP contribution in [-0.2, 0) is 16.0 Å². The first kappa shape index (κ1) is 25.9. The fourth-order valence-electron chi connectivity index (χ4n) is 3.94. The fraction of sp³-hybridized carbons (Fsp3) is 0.192. The van der Waals surface area contributed by atoms with Gasteiger partial charge in [-0.3, -0.25) is 14.5 Å². The van der Waals surface area contributed by atoms with E-state index in [0.717, 1.165) is 5.56 Å². The highest BCUT2D eigenvalue weighted by atomic mass is 35.5. The minimum absolute atomic E-state index is 0.128. The highest BCUT2D eigenvalue weighted by Crippen LogP contribution is 2.29. The minimum atomic E-state index is -0.841. The predicted molar refractivity (Wildman–Crippen MR) is 143 cm³/mol. The molecule has 1 saturated heterocycles. The summed E-state index contributed by atoms with van der Waals surface area (Å²) in [6.07, 6.45) is 0.342. The molecule has 1 N–H and O–H groups in total. The summed E-state index contributed by atoms with van der Waals surface area (Å²) in [7, 11) is 1.56. The lowest BCUT2D eigenvalue weighted by Crippen LogP contribution is -2.39. The number of hydrogen-bond acceptors (Lipinski definition) is 4. The normalized spacial score (nSPS) is 15.4. The molecule has 36 heavy (non-hydrogen) atoms. The van der Waals surface area contributed by atoms with Crippen LogP contribution in [0.15, 0.2) is 66.7 Å².